The van der Waals surface area contributed by atoms with Gasteiger partial charge in [0.05, 0.1) is 12.8 Å². The molecule has 118 valence electrons. The van der Waals surface area contributed by atoms with Crippen LogP contribution in [0, 0.1) is 0 Å². The first-order chi connectivity index (χ1) is 11.2. The highest BCUT2D eigenvalue weighted by atomic mass is 16.6. The van der Waals surface area contributed by atoms with Crippen molar-refractivity contribution < 1.29 is 23.8 Å². The van der Waals surface area contributed by atoms with Crippen LogP contribution in [0.2, 0.25) is 0 Å². The Balaban J connectivity index is 1.76. The maximum Gasteiger partial charge on any atom is 0.331 e. The lowest BCUT2D eigenvalue weighted by Crippen LogP contribution is -2.43. The Kier molecular flexibility index (Phi) is 4.14. The van der Waals surface area contributed by atoms with Gasteiger partial charge in [-0.05, 0) is 24.3 Å². The van der Waals surface area contributed by atoms with Crippen LogP contribution in [-0.4, -0.2) is 32.1 Å². The van der Waals surface area contributed by atoms with Crippen LogP contribution in [0.1, 0.15) is 0 Å². The number of rotatable bonds is 4. The van der Waals surface area contributed by atoms with Gasteiger partial charge in [0.2, 0.25) is 0 Å². The lowest BCUT2D eigenvalue weighted by atomic mass is 10.2. The molecule has 0 saturated carbocycles. The summed E-state index contributed by atoms with van der Waals surface area (Å²) in [6, 6.07) is 13.9. The molecule has 1 aliphatic heterocycles. The average molecular weight is 313 g/mol. The Morgan fingerprint density at radius 3 is 2.61 bits per heavy atom. The lowest BCUT2D eigenvalue weighted by molar-refractivity contribution is -0.134. The van der Waals surface area contributed by atoms with E-state index in [-0.39, 0.29) is 19.1 Å². The van der Waals surface area contributed by atoms with Gasteiger partial charge < -0.3 is 14.2 Å². The van der Waals surface area contributed by atoms with Crippen molar-refractivity contribution in [1.29, 1.82) is 0 Å². The summed E-state index contributed by atoms with van der Waals surface area (Å²) in [7, 11) is 1.49. The Morgan fingerprint density at radius 2 is 1.83 bits per heavy atom. The number of methoxy groups -OCH3 is 1. The molecule has 0 saturated heterocycles. The van der Waals surface area contributed by atoms with Crippen LogP contribution in [0.25, 0.3) is 0 Å². The summed E-state index contributed by atoms with van der Waals surface area (Å²) in [5.41, 5.74) is 0.556. The molecule has 0 atom stereocenters. The van der Waals surface area contributed by atoms with E-state index in [1.54, 1.807) is 48.5 Å². The summed E-state index contributed by atoms with van der Waals surface area (Å²) in [5.74, 6) is 0.487. The van der Waals surface area contributed by atoms with Crippen molar-refractivity contribution in [3.05, 3.63) is 48.5 Å². The predicted molar refractivity (Wildman–Crippen MR) is 82.9 cm³/mol. The van der Waals surface area contributed by atoms with Crippen molar-refractivity contribution >= 4 is 17.6 Å². The molecule has 3 rings (SSSR count). The number of hydrogen-bond donors (Lipinski definition) is 0. The van der Waals surface area contributed by atoms with Gasteiger partial charge in [0, 0.05) is 0 Å². The molecule has 1 heterocycles. The SMILES string of the molecule is COc1ccccc1OC(=O)CN1C(=O)COc2ccccc21. The molecule has 0 unspecified atom stereocenters. The number of para-hydroxylation sites is 4. The van der Waals surface area contributed by atoms with E-state index < -0.39 is 5.97 Å². The summed E-state index contributed by atoms with van der Waals surface area (Å²) >= 11 is 0. The van der Waals surface area contributed by atoms with Crippen LogP contribution in [0.4, 0.5) is 5.69 Å². The first-order valence-corrected chi connectivity index (χ1v) is 7.05. The molecule has 0 spiro atoms. The largest absolute Gasteiger partial charge is 0.493 e. The van der Waals surface area contributed by atoms with Gasteiger partial charge in [0.1, 0.15) is 12.3 Å². The van der Waals surface area contributed by atoms with Crippen molar-refractivity contribution in [1.82, 2.24) is 0 Å². The van der Waals surface area contributed by atoms with E-state index in [2.05, 4.69) is 0 Å². The van der Waals surface area contributed by atoms with Crippen molar-refractivity contribution in [3.8, 4) is 17.2 Å². The van der Waals surface area contributed by atoms with Gasteiger partial charge in [-0.2, -0.15) is 0 Å². The van der Waals surface area contributed by atoms with Crippen LogP contribution in [-0.2, 0) is 9.59 Å². The number of hydrogen-bond acceptors (Lipinski definition) is 5. The van der Waals surface area contributed by atoms with Gasteiger partial charge in [-0.3, -0.25) is 9.69 Å². The zero-order chi connectivity index (χ0) is 16.2. The van der Waals surface area contributed by atoms with E-state index in [0.717, 1.165) is 0 Å². The number of carbonyl (C=O) groups is 2. The molecule has 2 aromatic rings. The smallest absolute Gasteiger partial charge is 0.331 e. The van der Waals surface area contributed by atoms with E-state index in [4.69, 9.17) is 14.2 Å². The van der Waals surface area contributed by atoms with Gasteiger partial charge in [-0.25, -0.2) is 4.79 Å². The molecule has 0 aliphatic carbocycles. The van der Waals surface area contributed by atoms with E-state index in [1.165, 1.54) is 12.0 Å². The molecule has 0 bridgehead atoms. The number of fused-ring (bicyclic) bond motifs is 1. The lowest BCUT2D eigenvalue weighted by Gasteiger charge is -2.28. The summed E-state index contributed by atoms with van der Waals surface area (Å²) in [6.07, 6.45) is 0. The first kappa shape index (κ1) is 14.9. The summed E-state index contributed by atoms with van der Waals surface area (Å²) < 4.78 is 15.8. The molecular weight excluding hydrogens is 298 g/mol. The Bertz CT molecular complexity index is 743. The molecule has 0 radical (unpaired) electrons. The molecule has 1 amide bonds. The minimum Gasteiger partial charge on any atom is -0.493 e. The standard InChI is InChI=1S/C17H15NO5/c1-21-14-8-4-5-9-15(14)23-17(20)10-18-12-6-2-3-7-13(12)22-11-16(18)19/h2-9H,10-11H2,1H3. The minimum absolute atomic E-state index is 0.0983. The quantitative estimate of drug-likeness (QED) is 0.638. The maximum absolute atomic E-state index is 12.2. The number of nitrogens with zero attached hydrogens (tertiary/aromatic N) is 1. The second kappa shape index (κ2) is 6.39. The third-order valence-electron chi connectivity index (χ3n) is 3.39. The number of esters is 1. The normalized spacial score (nSPS) is 13.1. The molecule has 1 aliphatic rings. The molecule has 0 N–H and O–H groups in total. The van der Waals surface area contributed by atoms with Crippen LogP contribution in [0.15, 0.2) is 48.5 Å². The average Bonchev–Trinajstić information content (AvgIpc) is 2.58. The third kappa shape index (κ3) is 3.11. The van der Waals surface area contributed by atoms with Gasteiger partial charge in [-0.1, -0.05) is 24.3 Å². The molecule has 0 aromatic heterocycles. The Labute approximate surface area is 133 Å². The van der Waals surface area contributed by atoms with E-state index in [1.807, 2.05) is 0 Å². The Morgan fingerprint density at radius 1 is 1.13 bits per heavy atom. The number of ether oxygens (including phenoxy) is 3. The highest BCUT2D eigenvalue weighted by molar-refractivity contribution is 6.01. The van der Waals surface area contributed by atoms with Crippen LogP contribution >= 0.6 is 0 Å². The van der Waals surface area contributed by atoms with Gasteiger partial charge in [0.25, 0.3) is 5.91 Å². The zero-order valence-corrected chi connectivity index (χ0v) is 12.5. The monoisotopic (exact) mass is 313 g/mol. The van der Waals surface area contributed by atoms with Crippen molar-refractivity contribution in [3.63, 3.8) is 0 Å². The zero-order valence-electron chi connectivity index (χ0n) is 12.5. The van der Waals surface area contributed by atoms with Gasteiger partial charge in [-0.15, -0.1) is 0 Å². The molecule has 23 heavy (non-hydrogen) atoms. The van der Waals surface area contributed by atoms with Gasteiger partial charge in [0.15, 0.2) is 18.1 Å². The number of benzene rings is 2. The molecule has 6 nitrogen and oxygen atoms in total. The third-order valence-corrected chi connectivity index (χ3v) is 3.39. The summed E-state index contributed by atoms with van der Waals surface area (Å²) in [5, 5.41) is 0. The first-order valence-electron chi connectivity index (χ1n) is 7.05. The Hall–Kier alpha value is -3.02. The van der Waals surface area contributed by atoms with Crippen molar-refractivity contribution in [2.24, 2.45) is 0 Å². The number of carbonyl (C=O) groups excluding carboxylic acids is 2. The highest BCUT2D eigenvalue weighted by Crippen LogP contribution is 2.31. The fourth-order valence-electron chi connectivity index (χ4n) is 2.31. The van der Waals surface area contributed by atoms with E-state index >= 15 is 0 Å². The molecule has 2 aromatic carbocycles. The highest BCUT2D eigenvalue weighted by Gasteiger charge is 2.27. The second-order valence-electron chi connectivity index (χ2n) is 4.86. The van der Waals surface area contributed by atoms with Crippen LogP contribution in [0.5, 0.6) is 17.2 Å². The summed E-state index contributed by atoms with van der Waals surface area (Å²) in [4.78, 5) is 25.6. The molecule has 0 fully saturated rings. The molecule has 6 heteroatoms. The number of amides is 1. The number of anilines is 1. The topological polar surface area (TPSA) is 65.1 Å². The second-order valence-corrected chi connectivity index (χ2v) is 4.86. The minimum atomic E-state index is -0.556. The molecular formula is C17H15NO5. The predicted octanol–water partition coefficient (Wildman–Crippen LogP) is 2.03. The van der Waals surface area contributed by atoms with Gasteiger partial charge >= 0.3 is 5.97 Å². The van der Waals surface area contributed by atoms with Crippen LogP contribution < -0.4 is 19.1 Å². The van der Waals surface area contributed by atoms with Crippen molar-refractivity contribution in [2.45, 2.75) is 0 Å². The fraction of sp³-hybridized carbons (Fsp3) is 0.176. The van der Waals surface area contributed by atoms with E-state index in [9.17, 15) is 9.59 Å². The van der Waals surface area contributed by atoms with Crippen molar-refractivity contribution in [2.75, 3.05) is 25.2 Å². The summed E-state index contributed by atoms with van der Waals surface area (Å²) in [6.45, 7) is -0.295. The maximum atomic E-state index is 12.2. The van der Waals surface area contributed by atoms with Crippen LogP contribution in [0.3, 0.4) is 0 Å². The van der Waals surface area contributed by atoms with E-state index in [0.29, 0.717) is 22.9 Å². The fourth-order valence-corrected chi connectivity index (χ4v) is 2.31.